The third-order valence-corrected chi connectivity index (χ3v) is 4.16. The summed E-state index contributed by atoms with van der Waals surface area (Å²) in [6.45, 7) is 7.73. The van der Waals surface area contributed by atoms with E-state index >= 15 is 0 Å². The Morgan fingerprint density at radius 1 is 1.37 bits per heavy atom. The van der Waals surface area contributed by atoms with Crippen LogP contribution in [-0.4, -0.2) is 36.9 Å². The Morgan fingerprint density at radius 2 is 2.00 bits per heavy atom. The van der Waals surface area contributed by atoms with Gasteiger partial charge < -0.3 is 14.2 Å². The Hall–Kier alpha value is -1.36. The first-order chi connectivity index (χ1) is 8.87. The number of methoxy groups -OCH3 is 1. The maximum absolute atomic E-state index is 11.6. The highest BCUT2D eigenvalue weighted by atomic mass is 16.6. The van der Waals surface area contributed by atoms with E-state index in [1.807, 2.05) is 13.8 Å². The van der Waals surface area contributed by atoms with Gasteiger partial charge in [-0.25, -0.2) is 0 Å². The van der Waals surface area contributed by atoms with Gasteiger partial charge in [-0.2, -0.15) is 0 Å². The topological polar surface area (TPSA) is 61.8 Å². The SMILES string of the molecule is C=C(C)C1CCC(C)(OC)C2OC(=O)CC(=O)OC12. The number of rotatable bonds is 2. The molecule has 0 aromatic rings. The molecule has 1 saturated carbocycles. The summed E-state index contributed by atoms with van der Waals surface area (Å²) in [6.07, 6.45) is 0.107. The van der Waals surface area contributed by atoms with Crippen molar-refractivity contribution in [2.75, 3.05) is 7.11 Å². The van der Waals surface area contributed by atoms with Gasteiger partial charge in [-0.3, -0.25) is 9.59 Å². The molecule has 2 fully saturated rings. The van der Waals surface area contributed by atoms with Gasteiger partial charge in [-0.15, -0.1) is 0 Å². The molecule has 0 N–H and O–H groups in total. The quantitative estimate of drug-likeness (QED) is 0.432. The van der Waals surface area contributed by atoms with E-state index in [2.05, 4.69) is 6.58 Å². The average molecular weight is 268 g/mol. The molecule has 0 bridgehead atoms. The van der Waals surface area contributed by atoms with E-state index in [9.17, 15) is 9.59 Å². The van der Waals surface area contributed by atoms with Gasteiger partial charge in [0.2, 0.25) is 0 Å². The normalized spacial score (nSPS) is 38.8. The average Bonchev–Trinajstić information content (AvgIpc) is 2.47. The van der Waals surface area contributed by atoms with E-state index in [-0.39, 0.29) is 12.3 Å². The highest BCUT2D eigenvalue weighted by Gasteiger charge is 2.53. The number of ether oxygens (including phenoxy) is 3. The van der Waals surface area contributed by atoms with Gasteiger partial charge in [0.1, 0.15) is 18.1 Å². The number of hydrogen-bond donors (Lipinski definition) is 0. The van der Waals surface area contributed by atoms with Crippen molar-refractivity contribution in [3.8, 4) is 0 Å². The van der Waals surface area contributed by atoms with Crippen LogP contribution in [0.5, 0.6) is 0 Å². The predicted octanol–water partition coefficient (Wildman–Crippen LogP) is 1.60. The van der Waals surface area contributed by atoms with E-state index in [0.717, 1.165) is 18.4 Å². The Balaban J connectivity index is 2.37. The zero-order valence-corrected chi connectivity index (χ0v) is 11.6. The molecule has 0 radical (unpaired) electrons. The molecule has 1 heterocycles. The second-order valence-electron chi connectivity index (χ2n) is 5.55. The molecule has 2 aliphatic rings. The molecule has 5 nitrogen and oxygen atoms in total. The standard InChI is InChI=1S/C14H20O5/c1-8(2)9-5-6-14(3,17-4)13-12(9)18-10(15)7-11(16)19-13/h9,12-13H,1,5-7H2,2-4H3. The van der Waals surface area contributed by atoms with E-state index < -0.39 is 29.7 Å². The molecule has 0 aromatic carbocycles. The highest BCUT2D eigenvalue weighted by molar-refractivity contribution is 5.92. The predicted molar refractivity (Wildman–Crippen MR) is 67.3 cm³/mol. The molecule has 5 heteroatoms. The highest BCUT2D eigenvalue weighted by Crippen LogP contribution is 2.42. The van der Waals surface area contributed by atoms with Crippen LogP contribution in [0.25, 0.3) is 0 Å². The molecule has 4 unspecified atom stereocenters. The minimum absolute atomic E-state index is 0.00285. The minimum atomic E-state index is -0.628. The van der Waals surface area contributed by atoms with Gasteiger partial charge in [-0.1, -0.05) is 12.2 Å². The number of carbonyl (C=O) groups excluding carboxylic acids is 2. The van der Waals surface area contributed by atoms with E-state index in [4.69, 9.17) is 14.2 Å². The van der Waals surface area contributed by atoms with Gasteiger partial charge >= 0.3 is 11.9 Å². The lowest BCUT2D eigenvalue weighted by Crippen LogP contribution is -2.57. The molecule has 0 amide bonds. The Labute approximate surface area is 112 Å². The van der Waals surface area contributed by atoms with Crippen LogP contribution < -0.4 is 0 Å². The van der Waals surface area contributed by atoms with E-state index in [1.165, 1.54) is 0 Å². The van der Waals surface area contributed by atoms with Crippen molar-refractivity contribution in [1.29, 1.82) is 0 Å². The summed E-state index contributed by atoms with van der Waals surface area (Å²) in [6, 6.07) is 0. The molecular weight excluding hydrogens is 248 g/mol. The Bertz CT molecular complexity index is 416. The van der Waals surface area contributed by atoms with Crippen molar-refractivity contribution in [2.45, 2.75) is 50.9 Å². The van der Waals surface area contributed by atoms with Gasteiger partial charge in [0.05, 0.1) is 0 Å². The minimum Gasteiger partial charge on any atom is -0.457 e. The first kappa shape index (κ1) is 14.1. The van der Waals surface area contributed by atoms with Crippen LogP contribution in [0.15, 0.2) is 12.2 Å². The van der Waals surface area contributed by atoms with Gasteiger partial charge in [-0.05, 0) is 26.7 Å². The first-order valence-electron chi connectivity index (χ1n) is 6.47. The largest absolute Gasteiger partial charge is 0.457 e. The van der Waals surface area contributed by atoms with Crippen molar-refractivity contribution in [3.05, 3.63) is 12.2 Å². The zero-order valence-electron chi connectivity index (χ0n) is 11.6. The fourth-order valence-corrected chi connectivity index (χ4v) is 2.88. The second kappa shape index (κ2) is 4.96. The summed E-state index contributed by atoms with van der Waals surface area (Å²) in [5.74, 6) is -1.09. The Morgan fingerprint density at radius 3 is 2.58 bits per heavy atom. The number of carbonyl (C=O) groups is 2. The maximum Gasteiger partial charge on any atom is 0.317 e. The lowest BCUT2D eigenvalue weighted by Gasteiger charge is -2.46. The first-order valence-corrected chi connectivity index (χ1v) is 6.47. The smallest absolute Gasteiger partial charge is 0.317 e. The van der Waals surface area contributed by atoms with Crippen molar-refractivity contribution >= 4 is 11.9 Å². The fourth-order valence-electron chi connectivity index (χ4n) is 2.88. The zero-order chi connectivity index (χ0) is 14.2. The molecule has 1 aliphatic carbocycles. The van der Waals surface area contributed by atoms with Crippen molar-refractivity contribution < 1.29 is 23.8 Å². The van der Waals surface area contributed by atoms with Crippen LogP contribution in [0.4, 0.5) is 0 Å². The monoisotopic (exact) mass is 268 g/mol. The third kappa shape index (κ3) is 2.52. The second-order valence-corrected chi connectivity index (χ2v) is 5.55. The molecule has 0 spiro atoms. The third-order valence-electron chi connectivity index (χ3n) is 4.16. The molecule has 19 heavy (non-hydrogen) atoms. The molecule has 1 aliphatic heterocycles. The van der Waals surface area contributed by atoms with Crippen molar-refractivity contribution in [1.82, 2.24) is 0 Å². The molecular formula is C14H20O5. The summed E-state index contributed by atoms with van der Waals surface area (Å²) in [7, 11) is 1.58. The molecule has 1 saturated heterocycles. The molecule has 4 atom stereocenters. The van der Waals surface area contributed by atoms with Gasteiger partial charge in [0.15, 0.2) is 6.10 Å². The lowest BCUT2D eigenvalue weighted by atomic mass is 9.73. The van der Waals surface area contributed by atoms with Crippen LogP contribution in [-0.2, 0) is 23.8 Å². The number of fused-ring (bicyclic) bond motifs is 1. The van der Waals surface area contributed by atoms with E-state index in [0.29, 0.717) is 0 Å². The molecule has 106 valence electrons. The van der Waals surface area contributed by atoms with Gasteiger partial charge in [0, 0.05) is 13.0 Å². The fraction of sp³-hybridized carbons (Fsp3) is 0.714. The maximum atomic E-state index is 11.6. The summed E-state index contributed by atoms with van der Waals surface area (Å²) in [4.78, 5) is 23.2. The summed E-state index contributed by atoms with van der Waals surface area (Å²) >= 11 is 0. The van der Waals surface area contributed by atoms with Crippen LogP contribution >= 0.6 is 0 Å². The number of hydrogen-bond acceptors (Lipinski definition) is 5. The van der Waals surface area contributed by atoms with Gasteiger partial charge in [0.25, 0.3) is 0 Å². The van der Waals surface area contributed by atoms with Crippen molar-refractivity contribution in [3.63, 3.8) is 0 Å². The summed E-state index contributed by atoms with van der Waals surface area (Å²) in [5.41, 5.74) is 0.301. The Kier molecular flexibility index (Phi) is 3.67. The van der Waals surface area contributed by atoms with Crippen LogP contribution in [0.1, 0.15) is 33.1 Å². The summed E-state index contributed by atoms with van der Waals surface area (Å²) < 4.78 is 16.4. The molecule has 0 aromatic heterocycles. The van der Waals surface area contributed by atoms with Crippen LogP contribution in [0, 0.1) is 5.92 Å². The molecule has 2 rings (SSSR count). The van der Waals surface area contributed by atoms with Crippen LogP contribution in [0.3, 0.4) is 0 Å². The number of esters is 2. The lowest BCUT2D eigenvalue weighted by molar-refractivity contribution is -0.199. The van der Waals surface area contributed by atoms with Crippen molar-refractivity contribution in [2.24, 2.45) is 5.92 Å². The summed E-state index contributed by atoms with van der Waals surface area (Å²) in [5, 5.41) is 0. The van der Waals surface area contributed by atoms with Crippen LogP contribution in [0.2, 0.25) is 0 Å². The van der Waals surface area contributed by atoms with E-state index in [1.54, 1.807) is 7.11 Å².